The van der Waals surface area contributed by atoms with Gasteiger partial charge in [-0.1, -0.05) is 115 Å². The lowest BCUT2D eigenvalue weighted by molar-refractivity contribution is 1.23. The molecule has 0 N–H and O–H groups in total. The molecule has 9 aromatic rings. The Bertz CT molecular complexity index is 2400. The van der Waals surface area contributed by atoms with E-state index in [1.165, 1.54) is 49.2 Å². The fraction of sp³-hybridized carbons (Fsp3) is 0. The fourth-order valence-electron chi connectivity index (χ4n) is 6.52. The van der Waals surface area contributed by atoms with Gasteiger partial charge in [-0.25, -0.2) is 9.97 Å². The minimum atomic E-state index is 0.747. The molecule has 0 fully saturated rings. The molecule has 0 atom stereocenters. The first-order valence-corrected chi connectivity index (χ1v) is 13.9. The van der Waals surface area contributed by atoms with Crippen LogP contribution in [0.1, 0.15) is 0 Å². The zero-order chi connectivity index (χ0) is 26.9. The average Bonchev–Trinajstić information content (AvgIpc) is 3.57. The van der Waals surface area contributed by atoms with Crippen LogP contribution in [0.2, 0.25) is 0 Å². The van der Waals surface area contributed by atoms with Crippen molar-refractivity contribution < 1.29 is 0 Å². The third-order valence-corrected chi connectivity index (χ3v) is 8.36. The maximum Gasteiger partial charge on any atom is 0.161 e. The van der Waals surface area contributed by atoms with E-state index in [0.29, 0.717) is 0 Å². The van der Waals surface area contributed by atoms with Crippen LogP contribution < -0.4 is 0 Å². The molecule has 9 rings (SSSR count). The Morgan fingerprint density at radius 2 is 1.02 bits per heavy atom. The van der Waals surface area contributed by atoms with E-state index in [1.807, 2.05) is 6.07 Å². The minimum absolute atomic E-state index is 0.747. The number of nitrogens with zero attached hydrogens (tertiary/aromatic N) is 3. The number of benzene rings is 6. The Kier molecular flexibility index (Phi) is 4.61. The molecule has 0 radical (unpaired) electrons. The first-order valence-electron chi connectivity index (χ1n) is 13.9. The quantitative estimate of drug-likeness (QED) is 0.232. The van der Waals surface area contributed by atoms with E-state index >= 15 is 0 Å². The van der Waals surface area contributed by atoms with Crippen LogP contribution in [0, 0.1) is 0 Å². The molecule has 3 aromatic heterocycles. The van der Waals surface area contributed by atoms with Gasteiger partial charge in [-0.3, -0.25) is 0 Å². The van der Waals surface area contributed by atoms with E-state index in [9.17, 15) is 0 Å². The van der Waals surface area contributed by atoms with Crippen molar-refractivity contribution in [3.8, 4) is 33.8 Å². The number of fused-ring (bicyclic) bond motifs is 7. The smallest absolute Gasteiger partial charge is 0.161 e. The molecule has 0 amide bonds. The highest BCUT2D eigenvalue weighted by atomic mass is 14.9. The van der Waals surface area contributed by atoms with Crippen molar-refractivity contribution in [2.45, 2.75) is 0 Å². The highest BCUT2D eigenvalue weighted by Gasteiger charge is 2.22. The number of rotatable bonds is 3. The first-order chi connectivity index (χ1) is 20.3. The summed E-state index contributed by atoms with van der Waals surface area (Å²) in [7, 11) is 0. The lowest BCUT2D eigenvalue weighted by Gasteiger charge is -2.11. The van der Waals surface area contributed by atoms with Crippen LogP contribution in [0.5, 0.6) is 0 Å². The van der Waals surface area contributed by atoms with Gasteiger partial charge in [0.15, 0.2) is 5.82 Å². The van der Waals surface area contributed by atoms with Crippen molar-refractivity contribution in [2.24, 2.45) is 0 Å². The minimum Gasteiger partial charge on any atom is -0.308 e. The van der Waals surface area contributed by atoms with Gasteiger partial charge < -0.3 is 4.40 Å². The van der Waals surface area contributed by atoms with Crippen molar-refractivity contribution >= 4 is 49.0 Å². The van der Waals surface area contributed by atoms with Crippen LogP contribution in [-0.4, -0.2) is 14.4 Å². The standard InChI is InChI=1S/C38H23N3/c1-2-10-24(11-3-1)25-18-20-26(21-19-25)36-29-13-4-7-15-32(29)39-38(40-36)31-23-22-28-27-12-5-8-16-33(27)41-34-17-9-6-14-30(34)35(31)37(28)41/h1-23H. The van der Waals surface area contributed by atoms with Crippen LogP contribution in [0.15, 0.2) is 140 Å². The molecule has 6 aromatic carbocycles. The Labute approximate surface area is 236 Å². The van der Waals surface area contributed by atoms with Crippen molar-refractivity contribution in [1.29, 1.82) is 0 Å². The molecule has 0 aliphatic heterocycles. The van der Waals surface area contributed by atoms with Crippen LogP contribution in [-0.2, 0) is 0 Å². The number of aromatic nitrogens is 3. The summed E-state index contributed by atoms with van der Waals surface area (Å²) in [5.74, 6) is 0.747. The van der Waals surface area contributed by atoms with E-state index in [4.69, 9.17) is 9.97 Å². The molecule has 0 saturated carbocycles. The molecule has 0 unspecified atom stereocenters. The summed E-state index contributed by atoms with van der Waals surface area (Å²) >= 11 is 0. The highest BCUT2D eigenvalue weighted by molar-refractivity contribution is 6.26. The van der Waals surface area contributed by atoms with Gasteiger partial charge in [0, 0.05) is 38.1 Å². The van der Waals surface area contributed by atoms with Crippen molar-refractivity contribution in [3.05, 3.63) is 140 Å². The third kappa shape index (κ3) is 3.20. The van der Waals surface area contributed by atoms with Crippen LogP contribution in [0.3, 0.4) is 0 Å². The van der Waals surface area contributed by atoms with Crippen LogP contribution >= 0.6 is 0 Å². The van der Waals surface area contributed by atoms with Gasteiger partial charge in [0.1, 0.15) is 0 Å². The summed E-state index contributed by atoms with van der Waals surface area (Å²) < 4.78 is 2.41. The van der Waals surface area contributed by atoms with Crippen molar-refractivity contribution in [1.82, 2.24) is 14.4 Å². The van der Waals surface area contributed by atoms with Gasteiger partial charge in [-0.2, -0.15) is 0 Å². The molecule has 0 bridgehead atoms. The van der Waals surface area contributed by atoms with Crippen LogP contribution in [0.4, 0.5) is 0 Å². The molecule has 0 aliphatic rings. The Morgan fingerprint density at radius 3 is 1.83 bits per heavy atom. The monoisotopic (exact) mass is 521 g/mol. The second-order valence-electron chi connectivity index (χ2n) is 10.6. The molecule has 190 valence electrons. The van der Waals surface area contributed by atoms with Gasteiger partial charge in [-0.05, 0) is 35.4 Å². The highest BCUT2D eigenvalue weighted by Crippen LogP contribution is 2.43. The van der Waals surface area contributed by atoms with Gasteiger partial charge in [-0.15, -0.1) is 0 Å². The molecule has 3 heteroatoms. The number of hydrogen-bond donors (Lipinski definition) is 0. The maximum atomic E-state index is 5.29. The summed E-state index contributed by atoms with van der Waals surface area (Å²) in [5.41, 5.74) is 10.1. The van der Waals surface area contributed by atoms with Crippen molar-refractivity contribution in [3.63, 3.8) is 0 Å². The zero-order valence-electron chi connectivity index (χ0n) is 22.1. The molecular weight excluding hydrogens is 498 g/mol. The lowest BCUT2D eigenvalue weighted by atomic mass is 9.99. The summed E-state index contributed by atoms with van der Waals surface area (Å²) in [6.07, 6.45) is 0. The van der Waals surface area contributed by atoms with Gasteiger partial charge in [0.05, 0.1) is 27.8 Å². The average molecular weight is 522 g/mol. The van der Waals surface area contributed by atoms with Crippen molar-refractivity contribution in [2.75, 3.05) is 0 Å². The molecule has 3 nitrogen and oxygen atoms in total. The zero-order valence-corrected chi connectivity index (χ0v) is 22.1. The first kappa shape index (κ1) is 22.3. The molecule has 3 heterocycles. The predicted molar refractivity (Wildman–Crippen MR) is 171 cm³/mol. The molecule has 0 aliphatic carbocycles. The van der Waals surface area contributed by atoms with Gasteiger partial charge in [0.2, 0.25) is 0 Å². The number of hydrogen-bond acceptors (Lipinski definition) is 2. The van der Waals surface area contributed by atoms with E-state index in [2.05, 4.69) is 138 Å². The summed E-state index contributed by atoms with van der Waals surface area (Å²) in [4.78, 5) is 10.4. The molecular formula is C38H23N3. The largest absolute Gasteiger partial charge is 0.308 e. The Hall–Kier alpha value is -5.54. The van der Waals surface area contributed by atoms with Crippen LogP contribution in [0.25, 0.3) is 82.8 Å². The maximum absolute atomic E-state index is 5.29. The topological polar surface area (TPSA) is 30.2 Å². The lowest BCUT2D eigenvalue weighted by Crippen LogP contribution is -1.95. The van der Waals surface area contributed by atoms with E-state index in [0.717, 1.165) is 33.5 Å². The van der Waals surface area contributed by atoms with E-state index in [-0.39, 0.29) is 0 Å². The normalized spacial score (nSPS) is 11.9. The molecule has 41 heavy (non-hydrogen) atoms. The van der Waals surface area contributed by atoms with E-state index in [1.54, 1.807) is 0 Å². The predicted octanol–water partition coefficient (Wildman–Crippen LogP) is 9.78. The summed E-state index contributed by atoms with van der Waals surface area (Å²) in [5, 5.41) is 6.00. The summed E-state index contributed by atoms with van der Waals surface area (Å²) in [6.45, 7) is 0. The Morgan fingerprint density at radius 1 is 0.415 bits per heavy atom. The molecule has 0 spiro atoms. The third-order valence-electron chi connectivity index (χ3n) is 8.36. The second kappa shape index (κ2) is 8.48. The Balaban J connectivity index is 1.32. The van der Waals surface area contributed by atoms with Gasteiger partial charge >= 0.3 is 0 Å². The van der Waals surface area contributed by atoms with Gasteiger partial charge in [0.25, 0.3) is 0 Å². The number of para-hydroxylation sites is 3. The second-order valence-corrected chi connectivity index (χ2v) is 10.6. The SMILES string of the molecule is c1ccc(-c2ccc(-c3nc(-c4ccc5c6ccccc6n6c7ccccc7c4c56)nc4ccccc34)cc2)cc1. The summed E-state index contributed by atoms with van der Waals surface area (Å²) in [6, 6.07) is 49.3. The molecule has 0 saturated heterocycles. The van der Waals surface area contributed by atoms with E-state index < -0.39 is 0 Å². The fourth-order valence-corrected chi connectivity index (χ4v) is 6.52.